The molecule has 7 nitrogen and oxygen atoms in total. The monoisotopic (exact) mass is 379 g/mol. The van der Waals surface area contributed by atoms with Gasteiger partial charge in [-0.25, -0.2) is 18.6 Å². The lowest BCUT2D eigenvalue weighted by Crippen LogP contribution is -2.50. The molecule has 2 heterocycles. The molecule has 1 saturated heterocycles. The summed E-state index contributed by atoms with van der Waals surface area (Å²) in [7, 11) is 1.35. The number of fused-ring (bicyclic) bond motifs is 1. The Morgan fingerprint density at radius 1 is 1.11 bits per heavy atom. The standard InChI is InChI=1S/C18H19F2N3O4/c1-3-27-18(25)23-6-4-22(5-7-23)17(24)14-10-15(26-2)12-8-11(19)9-13(20)16(12)21-14/h8-10H,3-7H2,1-2H3. The van der Waals surface area contributed by atoms with Gasteiger partial charge in [0.1, 0.15) is 22.8 Å². The van der Waals surface area contributed by atoms with Crippen molar-refractivity contribution < 1.29 is 27.8 Å². The van der Waals surface area contributed by atoms with Gasteiger partial charge in [0.15, 0.2) is 5.82 Å². The molecule has 0 aliphatic carbocycles. The van der Waals surface area contributed by atoms with Crippen LogP contribution in [-0.2, 0) is 4.74 Å². The van der Waals surface area contributed by atoms with Gasteiger partial charge in [-0.1, -0.05) is 0 Å². The van der Waals surface area contributed by atoms with E-state index in [1.165, 1.54) is 23.0 Å². The van der Waals surface area contributed by atoms with Crippen LogP contribution in [0.1, 0.15) is 17.4 Å². The average Bonchev–Trinajstić information content (AvgIpc) is 2.67. The molecule has 0 atom stereocenters. The fourth-order valence-electron chi connectivity index (χ4n) is 2.97. The first-order chi connectivity index (χ1) is 12.9. The third kappa shape index (κ3) is 3.76. The molecule has 2 aromatic rings. The van der Waals surface area contributed by atoms with E-state index in [4.69, 9.17) is 9.47 Å². The molecule has 27 heavy (non-hydrogen) atoms. The third-order valence-corrected chi connectivity index (χ3v) is 4.33. The van der Waals surface area contributed by atoms with Gasteiger partial charge in [-0.05, 0) is 13.0 Å². The van der Waals surface area contributed by atoms with E-state index < -0.39 is 23.6 Å². The highest BCUT2D eigenvalue weighted by atomic mass is 19.1. The Balaban J connectivity index is 1.83. The second-order valence-electron chi connectivity index (χ2n) is 5.97. The zero-order chi connectivity index (χ0) is 19.6. The van der Waals surface area contributed by atoms with Crippen molar-refractivity contribution in [3.05, 3.63) is 35.5 Å². The first-order valence-corrected chi connectivity index (χ1v) is 8.49. The topological polar surface area (TPSA) is 72.0 Å². The molecule has 144 valence electrons. The number of piperazine rings is 1. The number of carbonyl (C=O) groups excluding carboxylic acids is 2. The number of pyridine rings is 1. The maximum absolute atomic E-state index is 14.1. The molecule has 1 fully saturated rings. The molecule has 2 amide bonds. The average molecular weight is 379 g/mol. The first-order valence-electron chi connectivity index (χ1n) is 8.49. The fourth-order valence-corrected chi connectivity index (χ4v) is 2.97. The minimum absolute atomic E-state index is 0.00515. The Bertz CT molecular complexity index is 883. The maximum Gasteiger partial charge on any atom is 0.409 e. The van der Waals surface area contributed by atoms with E-state index in [9.17, 15) is 18.4 Å². The van der Waals surface area contributed by atoms with Crippen molar-refractivity contribution in [3.8, 4) is 5.75 Å². The number of halogens is 2. The third-order valence-electron chi connectivity index (χ3n) is 4.33. The number of nitrogens with zero attached hydrogens (tertiary/aromatic N) is 3. The van der Waals surface area contributed by atoms with Crippen LogP contribution >= 0.6 is 0 Å². The van der Waals surface area contributed by atoms with Crippen molar-refractivity contribution in [1.29, 1.82) is 0 Å². The number of rotatable bonds is 3. The van der Waals surface area contributed by atoms with E-state index in [1.807, 2.05) is 0 Å². The molecule has 0 saturated carbocycles. The predicted molar refractivity (Wildman–Crippen MR) is 92.7 cm³/mol. The van der Waals surface area contributed by atoms with E-state index in [-0.39, 0.29) is 29.0 Å². The molecule has 0 radical (unpaired) electrons. The Kier molecular flexibility index (Phi) is 5.38. The van der Waals surface area contributed by atoms with Crippen molar-refractivity contribution in [1.82, 2.24) is 14.8 Å². The van der Waals surface area contributed by atoms with Crippen LogP contribution in [0, 0.1) is 11.6 Å². The predicted octanol–water partition coefficient (Wildman–Crippen LogP) is 2.44. The Morgan fingerprint density at radius 3 is 2.41 bits per heavy atom. The minimum atomic E-state index is -0.870. The molecule has 1 aliphatic heterocycles. The number of hydrogen-bond donors (Lipinski definition) is 0. The normalized spacial score (nSPS) is 14.4. The van der Waals surface area contributed by atoms with Gasteiger partial charge in [0.25, 0.3) is 5.91 Å². The van der Waals surface area contributed by atoms with Crippen LogP contribution in [0.25, 0.3) is 10.9 Å². The number of carbonyl (C=O) groups is 2. The maximum atomic E-state index is 14.1. The smallest absolute Gasteiger partial charge is 0.409 e. The van der Waals surface area contributed by atoms with Gasteiger partial charge in [-0.3, -0.25) is 4.79 Å². The van der Waals surface area contributed by atoms with Crippen molar-refractivity contribution in [2.75, 3.05) is 39.9 Å². The Morgan fingerprint density at radius 2 is 1.78 bits per heavy atom. The van der Waals surface area contributed by atoms with Gasteiger partial charge in [-0.2, -0.15) is 0 Å². The summed E-state index contributed by atoms with van der Waals surface area (Å²) >= 11 is 0. The number of amides is 2. The summed E-state index contributed by atoms with van der Waals surface area (Å²) in [6.45, 7) is 3.26. The summed E-state index contributed by atoms with van der Waals surface area (Å²) in [4.78, 5) is 31.6. The lowest BCUT2D eigenvalue weighted by molar-refractivity contribution is 0.0566. The summed E-state index contributed by atoms with van der Waals surface area (Å²) < 4.78 is 37.7. The van der Waals surface area contributed by atoms with Crippen LogP contribution in [0.3, 0.4) is 0 Å². The number of benzene rings is 1. The molecule has 0 unspecified atom stereocenters. The van der Waals surface area contributed by atoms with Gasteiger partial charge < -0.3 is 19.3 Å². The van der Waals surface area contributed by atoms with E-state index in [1.54, 1.807) is 6.92 Å². The van der Waals surface area contributed by atoms with E-state index in [2.05, 4.69) is 4.98 Å². The molecule has 3 rings (SSSR count). The number of ether oxygens (including phenoxy) is 2. The van der Waals surface area contributed by atoms with Gasteiger partial charge in [0.05, 0.1) is 13.7 Å². The first kappa shape index (κ1) is 18.8. The van der Waals surface area contributed by atoms with E-state index in [0.29, 0.717) is 32.2 Å². The van der Waals surface area contributed by atoms with E-state index >= 15 is 0 Å². The number of hydrogen-bond acceptors (Lipinski definition) is 5. The number of methoxy groups -OCH3 is 1. The van der Waals surface area contributed by atoms with Gasteiger partial charge >= 0.3 is 6.09 Å². The van der Waals surface area contributed by atoms with Crippen LogP contribution in [0.4, 0.5) is 13.6 Å². The lowest BCUT2D eigenvalue weighted by atomic mass is 10.1. The highest BCUT2D eigenvalue weighted by molar-refractivity contribution is 5.97. The van der Waals surface area contributed by atoms with Crippen LogP contribution in [0.15, 0.2) is 18.2 Å². The molecule has 9 heteroatoms. The molecule has 1 aliphatic rings. The molecule has 0 bridgehead atoms. The van der Waals surface area contributed by atoms with Gasteiger partial charge in [0, 0.05) is 43.7 Å². The summed E-state index contributed by atoms with van der Waals surface area (Å²) in [5, 5.41) is 0.152. The molecule has 1 aromatic heterocycles. The SMILES string of the molecule is CCOC(=O)N1CCN(C(=O)c2cc(OC)c3cc(F)cc(F)c3n2)CC1. The molecular weight excluding hydrogens is 360 g/mol. The Labute approximate surface area is 154 Å². The molecule has 0 spiro atoms. The fraction of sp³-hybridized carbons (Fsp3) is 0.389. The van der Waals surface area contributed by atoms with Crippen molar-refractivity contribution in [3.63, 3.8) is 0 Å². The zero-order valence-electron chi connectivity index (χ0n) is 15.0. The van der Waals surface area contributed by atoms with Crippen molar-refractivity contribution in [2.24, 2.45) is 0 Å². The highest BCUT2D eigenvalue weighted by Crippen LogP contribution is 2.28. The van der Waals surface area contributed by atoms with Crippen LogP contribution in [0.5, 0.6) is 5.75 Å². The van der Waals surface area contributed by atoms with E-state index in [0.717, 1.165) is 6.07 Å². The molecule has 1 aromatic carbocycles. The van der Waals surface area contributed by atoms with Gasteiger partial charge in [0.2, 0.25) is 0 Å². The number of aromatic nitrogens is 1. The van der Waals surface area contributed by atoms with Crippen molar-refractivity contribution >= 4 is 22.9 Å². The summed E-state index contributed by atoms with van der Waals surface area (Å²) in [5.74, 6) is -1.88. The summed E-state index contributed by atoms with van der Waals surface area (Å²) in [6, 6.07) is 3.18. The largest absolute Gasteiger partial charge is 0.496 e. The van der Waals surface area contributed by atoms with Crippen molar-refractivity contribution in [2.45, 2.75) is 6.92 Å². The van der Waals surface area contributed by atoms with Crippen LogP contribution in [-0.4, -0.2) is 66.7 Å². The van der Waals surface area contributed by atoms with Crippen LogP contribution in [0.2, 0.25) is 0 Å². The quantitative estimate of drug-likeness (QED) is 0.819. The lowest BCUT2D eigenvalue weighted by Gasteiger charge is -2.33. The molecule has 0 N–H and O–H groups in total. The Hall–Kier alpha value is -2.97. The highest BCUT2D eigenvalue weighted by Gasteiger charge is 2.27. The summed E-state index contributed by atoms with van der Waals surface area (Å²) in [6.07, 6.45) is -0.417. The second-order valence-corrected chi connectivity index (χ2v) is 5.97. The second kappa shape index (κ2) is 7.73. The minimum Gasteiger partial charge on any atom is -0.496 e. The zero-order valence-corrected chi connectivity index (χ0v) is 15.0. The van der Waals surface area contributed by atoms with Crippen LogP contribution < -0.4 is 4.74 Å². The molecular formula is C18H19F2N3O4. The van der Waals surface area contributed by atoms with Gasteiger partial charge in [-0.15, -0.1) is 0 Å². The summed E-state index contributed by atoms with van der Waals surface area (Å²) in [5.41, 5.74) is -0.140.